The molecule has 0 radical (unpaired) electrons. The Kier molecular flexibility index (Phi) is 8.24. The molecule has 7 nitrogen and oxygen atoms in total. The summed E-state index contributed by atoms with van der Waals surface area (Å²) < 4.78 is 0. The van der Waals surface area contributed by atoms with Gasteiger partial charge in [0.05, 0.1) is 17.6 Å². The van der Waals surface area contributed by atoms with Crippen molar-refractivity contribution in [3.05, 3.63) is 29.3 Å². The Morgan fingerprint density at radius 3 is 2.60 bits per heavy atom. The summed E-state index contributed by atoms with van der Waals surface area (Å²) in [5, 5.41) is 14.5. The third-order valence-corrected chi connectivity index (χ3v) is 4.42. The monoisotopic (exact) mass is 403 g/mol. The molecule has 0 saturated carbocycles. The maximum atomic E-state index is 11.9. The van der Waals surface area contributed by atoms with Crippen LogP contribution in [-0.4, -0.2) is 34.6 Å². The highest BCUT2D eigenvalue weighted by Crippen LogP contribution is 2.31. The second kappa shape index (κ2) is 9.67. The van der Waals surface area contributed by atoms with Gasteiger partial charge in [-0.3, -0.25) is 14.9 Å². The first-order valence-corrected chi connectivity index (χ1v) is 8.49. The van der Waals surface area contributed by atoms with Gasteiger partial charge < -0.3 is 11.1 Å². The molecule has 0 fully saturated rings. The number of aromatic nitrogens is 2. The predicted octanol–water partition coefficient (Wildman–Crippen LogP) is 2.32. The zero-order valence-electron chi connectivity index (χ0n) is 13.7. The molecule has 0 bridgehead atoms. The van der Waals surface area contributed by atoms with Gasteiger partial charge >= 0.3 is 0 Å². The number of nitrogens with one attached hydrogen (secondary N) is 2. The zero-order valence-corrected chi connectivity index (χ0v) is 16.0. The van der Waals surface area contributed by atoms with Gasteiger partial charge in [0, 0.05) is 5.56 Å². The largest absolute Gasteiger partial charge is 0.346 e. The number of hydrogen-bond acceptors (Lipinski definition) is 6. The van der Waals surface area contributed by atoms with Crippen LogP contribution in [0.2, 0.25) is 5.02 Å². The lowest BCUT2D eigenvalue weighted by Crippen LogP contribution is -2.46. The molecular weight excluding hydrogens is 385 g/mol. The molecule has 25 heavy (non-hydrogen) atoms. The molecule has 0 saturated heterocycles. The fraction of sp³-hybridized carbons (Fsp3) is 0.333. The van der Waals surface area contributed by atoms with Crippen molar-refractivity contribution in [3.8, 4) is 10.6 Å². The fourth-order valence-electron chi connectivity index (χ4n) is 1.77. The van der Waals surface area contributed by atoms with E-state index in [0.29, 0.717) is 15.2 Å². The van der Waals surface area contributed by atoms with Crippen molar-refractivity contribution in [2.24, 2.45) is 11.7 Å². The third-order valence-electron chi connectivity index (χ3n) is 3.22. The van der Waals surface area contributed by atoms with E-state index in [1.807, 2.05) is 32.0 Å². The van der Waals surface area contributed by atoms with Crippen LogP contribution in [0.4, 0.5) is 5.13 Å². The van der Waals surface area contributed by atoms with Crippen LogP contribution in [0.3, 0.4) is 0 Å². The summed E-state index contributed by atoms with van der Waals surface area (Å²) in [5.41, 5.74) is 6.45. The first kappa shape index (κ1) is 21.3. The first-order chi connectivity index (χ1) is 11.4. The standard InChI is InChI=1S/C15H18ClN5O2S.ClH/c1-8(2)12(17)13(23)18-7-11(22)19-15-21-20-14(24-15)9-5-3-4-6-10(9)16;/h3-6,8,12H,7,17H2,1-2H3,(H,18,23)(H,19,21,22);1H/t12-;/m0./s1. The maximum absolute atomic E-state index is 11.9. The Bertz CT molecular complexity index is 738. The van der Waals surface area contributed by atoms with Gasteiger partial charge in [-0.05, 0) is 12.0 Å². The number of rotatable bonds is 6. The van der Waals surface area contributed by atoms with Gasteiger partial charge in [0.15, 0.2) is 5.01 Å². The summed E-state index contributed by atoms with van der Waals surface area (Å²) in [5.74, 6) is -0.773. The lowest BCUT2D eigenvalue weighted by molar-refractivity contribution is -0.125. The molecule has 1 aromatic carbocycles. The summed E-state index contributed by atoms with van der Waals surface area (Å²) in [6, 6.07) is 6.59. The molecule has 4 N–H and O–H groups in total. The van der Waals surface area contributed by atoms with Crippen LogP contribution in [0.5, 0.6) is 0 Å². The van der Waals surface area contributed by atoms with E-state index in [2.05, 4.69) is 20.8 Å². The van der Waals surface area contributed by atoms with Gasteiger partial charge in [-0.1, -0.05) is 55.0 Å². The molecule has 10 heteroatoms. The van der Waals surface area contributed by atoms with Crippen molar-refractivity contribution < 1.29 is 9.59 Å². The van der Waals surface area contributed by atoms with Crippen molar-refractivity contribution >= 4 is 52.3 Å². The summed E-state index contributed by atoms with van der Waals surface area (Å²) >= 11 is 7.30. The third kappa shape index (κ3) is 5.93. The van der Waals surface area contributed by atoms with Gasteiger partial charge in [0.2, 0.25) is 16.9 Å². The Labute approximate surface area is 160 Å². The molecule has 2 rings (SSSR count). The number of carbonyl (C=O) groups is 2. The van der Waals surface area contributed by atoms with Crippen molar-refractivity contribution in [2.75, 3.05) is 11.9 Å². The first-order valence-electron chi connectivity index (χ1n) is 7.30. The number of nitrogens with zero attached hydrogens (tertiary/aromatic N) is 2. The Morgan fingerprint density at radius 2 is 1.96 bits per heavy atom. The van der Waals surface area contributed by atoms with Gasteiger partial charge in [-0.2, -0.15) is 0 Å². The lowest BCUT2D eigenvalue weighted by Gasteiger charge is -2.14. The number of carbonyl (C=O) groups excluding carboxylic acids is 2. The topological polar surface area (TPSA) is 110 Å². The van der Waals surface area contributed by atoms with E-state index in [1.165, 1.54) is 11.3 Å². The minimum Gasteiger partial charge on any atom is -0.346 e. The molecule has 0 unspecified atom stereocenters. The molecule has 0 aliphatic rings. The molecule has 1 atom stereocenters. The molecule has 0 spiro atoms. The summed E-state index contributed by atoms with van der Waals surface area (Å²) in [4.78, 5) is 23.6. The highest BCUT2D eigenvalue weighted by Gasteiger charge is 2.18. The Balaban J connectivity index is 0.00000312. The Morgan fingerprint density at radius 1 is 1.28 bits per heavy atom. The van der Waals surface area contributed by atoms with Gasteiger partial charge in [-0.25, -0.2) is 0 Å². The van der Waals surface area contributed by atoms with E-state index in [9.17, 15) is 9.59 Å². The van der Waals surface area contributed by atoms with Crippen LogP contribution < -0.4 is 16.4 Å². The lowest BCUT2D eigenvalue weighted by atomic mass is 10.1. The van der Waals surface area contributed by atoms with Crippen LogP contribution in [-0.2, 0) is 9.59 Å². The number of benzene rings is 1. The van der Waals surface area contributed by atoms with E-state index in [-0.39, 0.29) is 30.8 Å². The highest BCUT2D eigenvalue weighted by atomic mass is 35.5. The second-order valence-corrected chi connectivity index (χ2v) is 6.81. The predicted molar refractivity (Wildman–Crippen MR) is 102 cm³/mol. The quantitative estimate of drug-likeness (QED) is 0.685. The Hall–Kier alpha value is -1.74. The molecule has 0 aliphatic heterocycles. The van der Waals surface area contributed by atoms with Crippen molar-refractivity contribution in [1.29, 1.82) is 0 Å². The normalized spacial score (nSPS) is 11.6. The minimum atomic E-state index is -0.647. The summed E-state index contributed by atoms with van der Waals surface area (Å²) in [6.45, 7) is 3.49. The van der Waals surface area contributed by atoms with Gasteiger partial charge in [0.25, 0.3) is 0 Å². The van der Waals surface area contributed by atoms with E-state index in [0.717, 1.165) is 5.56 Å². The molecular formula is C15H19Cl2N5O2S. The molecule has 2 aromatic rings. The highest BCUT2D eigenvalue weighted by molar-refractivity contribution is 7.18. The van der Waals surface area contributed by atoms with E-state index in [1.54, 1.807) is 6.07 Å². The molecule has 2 amide bonds. The number of nitrogens with two attached hydrogens (primary N) is 1. The van der Waals surface area contributed by atoms with Crippen LogP contribution in [0.1, 0.15) is 13.8 Å². The molecule has 136 valence electrons. The van der Waals surface area contributed by atoms with E-state index >= 15 is 0 Å². The van der Waals surface area contributed by atoms with Crippen LogP contribution in [0.25, 0.3) is 10.6 Å². The molecule has 1 heterocycles. The summed E-state index contributed by atoms with van der Waals surface area (Å²) in [6.07, 6.45) is 0. The average Bonchev–Trinajstić information content (AvgIpc) is 3.00. The summed E-state index contributed by atoms with van der Waals surface area (Å²) in [7, 11) is 0. The van der Waals surface area contributed by atoms with Gasteiger partial charge in [0.1, 0.15) is 0 Å². The minimum absolute atomic E-state index is 0. The van der Waals surface area contributed by atoms with E-state index in [4.69, 9.17) is 17.3 Å². The number of amides is 2. The molecule has 0 aliphatic carbocycles. The van der Waals surface area contributed by atoms with Crippen molar-refractivity contribution in [3.63, 3.8) is 0 Å². The SMILES string of the molecule is CC(C)[C@H](N)C(=O)NCC(=O)Nc1nnc(-c2ccccc2Cl)s1.Cl. The zero-order chi connectivity index (χ0) is 17.7. The maximum Gasteiger partial charge on any atom is 0.245 e. The number of anilines is 1. The van der Waals surface area contributed by atoms with Crippen LogP contribution in [0, 0.1) is 5.92 Å². The van der Waals surface area contributed by atoms with Crippen molar-refractivity contribution in [1.82, 2.24) is 15.5 Å². The second-order valence-electron chi connectivity index (χ2n) is 5.43. The van der Waals surface area contributed by atoms with Crippen LogP contribution >= 0.6 is 35.3 Å². The average molecular weight is 404 g/mol. The van der Waals surface area contributed by atoms with Crippen molar-refractivity contribution in [2.45, 2.75) is 19.9 Å². The number of halogens is 2. The van der Waals surface area contributed by atoms with E-state index < -0.39 is 11.9 Å². The smallest absolute Gasteiger partial charge is 0.245 e. The number of hydrogen-bond donors (Lipinski definition) is 3. The molecule has 1 aromatic heterocycles. The van der Waals surface area contributed by atoms with Gasteiger partial charge in [-0.15, -0.1) is 22.6 Å². The van der Waals surface area contributed by atoms with Crippen LogP contribution in [0.15, 0.2) is 24.3 Å². The fourth-order valence-corrected chi connectivity index (χ4v) is 2.85.